The summed E-state index contributed by atoms with van der Waals surface area (Å²) in [4.78, 5) is 32.6. The standard InChI is InChI=1S/C36H53F3N4O5/c1-25-21-43(26(2)24-44)35(46)31-20-30(40-34(45)11-9-18-41(4)5)16-17-32(31)48-27(3)10-7-8-19-47-33(25)23-42(6)22-28-12-14-29(15-13-28)36(37,38)39/h12-17,20,25-27,33,44H,7-11,18-19,21-24H2,1-6H3,(H,40,45)/t25-,26-,27-,33+/m1/s1. The quantitative estimate of drug-likeness (QED) is 0.305. The highest BCUT2D eigenvalue weighted by Crippen LogP contribution is 2.30. The van der Waals surface area contributed by atoms with E-state index < -0.39 is 17.8 Å². The van der Waals surface area contributed by atoms with E-state index in [1.807, 2.05) is 44.8 Å². The molecule has 0 aliphatic carbocycles. The van der Waals surface area contributed by atoms with Crippen LogP contribution in [0.5, 0.6) is 5.75 Å². The molecule has 4 atom stereocenters. The van der Waals surface area contributed by atoms with Crippen molar-refractivity contribution in [2.45, 2.75) is 83.8 Å². The number of halogens is 3. The number of fused-ring (bicyclic) bond motifs is 1. The molecule has 48 heavy (non-hydrogen) atoms. The smallest absolute Gasteiger partial charge is 0.416 e. The lowest BCUT2D eigenvalue weighted by atomic mass is 10.0. The topological polar surface area (TPSA) is 94.6 Å². The number of anilines is 1. The lowest BCUT2D eigenvalue weighted by Gasteiger charge is -2.36. The van der Waals surface area contributed by atoms with E-state index in [1.54, 1.807) is 30.0 Å². The fourth-order valence-electron chi connectivity index (χ4n) is 5.72. The van der Waals surface area contributed by atoms with Crippen LogP contribution in [0.2, 0.25) is 0 Å². The Bertz CT molecular complexity index is 1310. The van der Waals surface area contributed by atoms with Gasteiger partial charge in [0, 0.05) is 44.3 Å². The molecular weight excluding hydrogens is 625 g/mol. The zero-order chi connectivity index (χ0) is 35.4. The Morgan fingerprint density at radius 3 is 2.46 bits per heavy atom. The number of rotatable bonds is 11. The number of hydrogen-bond acceptors (Lipinski definition) is 7. The van der Waals surface area contributed by atoms with Gasteiger partial charge in [-0.2, -0.15) is 13.2 Å². The number of carbonyl (C=O) groups excluding carboxylic acids is 2. The number of amides is 2. The van der Waals surface area contributed by atoms with E-state index in [2.05, 4.69) is 5.32 Å². The van der Waals surface area contributed by atoms with E-state index in [9.17, 15) is 27.9 Å². The van der Waals surface area contributed by atoms with Gasteiger partial charge in [0.1, 0.15) is 5.75 Å². The molecule has 0 saturated heterocycles. The Kier molecular flexibility index (Phi) is 15.2. The number of alkyl halides is 3. The highest BCUT2D eigenvalue weighted by Gasteiger charge is 2.31. The summed E-state index contributed by atoms with van der Waals surface area (Å²) in [5, 5.41) is 13.1. The van der Waals surface area contributed by atoms with Crippen LogP contribution >= 0.6 is 0 Å². The van der Waals surface area contributed by atoms with E-state index in [-0.39, 0.29) is 43.1 Å². The van der Waals surface area contributed by atoms with Crippen molar-refractivity contribution in [2.75, 3.05) is 59.3 Å². The van der Waals surface area contributed by atoms with Crippen molar-refractivity contribution < 1.29 is 37.3 Å². The summed E-state index contributed by atoms with van der Waals surface area (Å²) >= 11 is 0. The molecule has 1 aliphatic heterocycles. The van der Waals surface area contributed by atoms with Crippen molar-refractivity contribution in [1.29, 1.82) is 0 Å². The zero-order valence-electron chi connectivity index (χ0n) is 29.2. The predicted molar refractivity (Wildman–Crippen MR) is 181 cm³/mol. The Hall–Kier alpha value is -3.19. The first-order chi connectivity index (χ1) is 22.7. The monoisotopic (exact) mass is 678 g/mol. The summed E-state index contributed by atoms with van der Waals surface area (Å²) in [7, 11) is 5.80. The second-order valence-electron chi connectivity index (χ2n) is 13.4. The van der Waals surface area contributed by atoms with Crippen LogP contribution in [0.1, 0.15) is 74.4 Å². The number of benzene rings is 2. The van der Waals surface area contributed by atoms with Crippen molar-refractivity contribution in [3.8, 4) is 5.75 Å². The molecule has 1 aliphatic rings. The average Bonchev–Trinajstić information content (AvgIpc) is 3.02. The van der Waals surface area contributed by atoms with Crippen LogP contribution < -0.4 is 10.1 Å². The molecule has 2 amide bonds. The average molecular weight is 679 g/mol. The SMILES string of the molecule is C[C@@H]1CCCCO[C@@H](CN(C)Cc2ccc(C(F)(F)F)cc2)[C@H](C)CN([C@H](C)CO)C(=O)c2cc(NC(=O)CCCN(C)C)ccc2O1. The number of nitrogens with one attached hydrogen (secondary N) is 1. The summed E-state index contributed by atoms with van der Waals surface area (Å²) < 4.78 is 51.8. The van der Waals surface area contributed by atoms with Crippen molar-refractivity contribution in [3.63, 3.8) is 0 Å². The number of hydrogen-bond donors (Lipinski definition) is 2. The lowest BCUT2D eigenvalue weighted by molar-refractivity contribution is -0.137. The van der Waals surface area contributed by atoms with Gasteiger partial charge in [0.2, 0.25) is 5.91 Å². The molecular formula is C36H53F3N4O5. The second kappa shape index (κ2) is 18.5. The largest absolute Gasteiger partial charge is 0.490 e. The molecule has 268 valence electrons. The first kappa shape index (κ1) is 39.3. The molecule has 1 heterocycles. The molecule has 12 heteroatoms. The summed E-state index contributed by atoms with van der Waals surface area (Å²) in [6, 6.07) is 9.75. The molecule has 0 unspecified atom stereocenters. The van der Waals surface area contributed by atoms with Crippen molar-refractivity contribution in [3.05, 3.63) is 59.2 Å². The Morgan fingerprint density at radius 1 is 1.10 bits per heavy atom. The number of nitrogens with zero attached hydrogens (tertiary/aromatic N) is 3. The minimum atomic E-state index is -4.39. The van der Waals surface area contributed by atoms with Crippen LogP contribution in [0, 0.1) is 5.92 Å². The maximum Gasteiger partial charge on any atom is 0.416 e. The Morgan fingerprint density at radius 2 is 1.81 bits per heavy atom. The molecule has 0 aromatic heterocycles. The number of aliphatic hydroxyl groups is 1. The van der Waals surface area contributed by atoms with Crippen LogP contribution in [-0.2, 0) is 22.3 Å². The molecule has 2 aromatic rings. The Labute approximate surface area is 283 Å². The van der Waals surface area contributed by atoms with Gasteiger partial charge < -0.3 is 29.7 Å². The van der Waals surface area contributed by atoms with Gasteiger partial charge in [-0.3, -0.25) is 14.5 Å². The maximum absolute atomic E-state index is 14.3. The van der Waals surface area contributed by atoms with Gasteiger partial charge in [0.15, 0.2) is 0 Å². The van der Waals surface area contributed by atoms with E-state index in [0.717, 1.165) is 43.5 Å². The Balaban J connectivity index is 1.85. The maximum atomic E-state index is 14.3. The number of ether oxygens (including phenoxy) is 2. The highest BCUT2D eigenvalue weighted by atomic mass is 19.4. The lowest BCUT2D eigenvalue weighted by Crippen LogP contribution is -2.47. The summed E-state index contributed by atoms with van der Waals surface area (Å²) in [6.07, 6.45) is -1.43. The highest BCUT2D eigenvalue weighted by molar-refractivity contribution is 5.99. The molecule has 2 N–H and O–H groups in total. The first-order valence-electron chi connectivity index (χ1n) is 16.8. The van der Waals surface area contributed by atoms with Gasteiger partial charge in [0.05, 0.1) is 36.0 Å². The second-order valence-corrected chi connectivity index (χ2v) is 13.4. The van der Waals surface area contributed by atoms with E-state index in [0.29, 0.717) is 49.5 Å². The fraction of sp³-hybridized carbons (Fsp3) is 0.611. The number of likely N-dealkylation sites (N-methyl/N-ethyl adjacent to an activating group) is 1. The molecule has 0 bridgehead atoms. The molecule has 9 nitrogen and oxygen atoms in total. The van der Waals surface area contributed by atoms with Gasteiger partial charge in [-0.25, -0.2) is 0 Å². The van der Waals surface area contributed by atoms with Gasteiger partial charge in [-0.1, -0.05) is 19.1 Å². The van der Waals surface area contributed by atoms with Gasteiger partial charge in [0.25, 0.3) is 5.91 Å². The van der Waals surface area contributed by atoms with E-state index in [4.69, 9.17) is 9.47 Å². The summed E-state index contributed by atoms with van der Waals surface area (Å²) in [5.41, 5.74) is 0.853. The molecule has 0 spiro atoms. The van der Waals surface area contributed by atoms with Gasteiger partial charge >= 0.3 is 6.18 Å². The molecule has 0 fully saturated rings. The molecule has 2 aromatic carbocycles. The number of aliphatic hydroxyl groups excluding tert-OH is 1. The van der Waals surface area contributed by atoms with Crippen LogP contribution in [0.15, 0.2) is 42.5 Å². The van der Waals surface area contributed by atoms with Crippen molar-refractivity contribution in [1.82, 2.24) is 14.7 Å². The van der Waals surface area contributed by atoms with Gasteiger partial charge in [-0.15, -0.1) is 0 Å². The third-order valence-electron chi connectivity index (χ3n) is 8.57. The van der Waals surface area contributed by atoms with E-state index >= 15 is 0 Å². The van der Waals surface area contributed by atoms with Crippen LogP contribution in [0.4, 0.5) is 18.9 Å². The summed E-state index contributed by atoms with van der Waals surface area (Å²) in [6.45, 7) is 7.94. The normalized spacial score (nSPS) is 20.6. The zero-order valence-corrected chi connectivity index (χ0v) is 29.2. The number of carbonyl (C=O) groups is 2. The molecule has 0 radical (unpaired) electrons. The van der Waals surface area contributed by atoms with Crippen LogP contribution in [-0.4, -0.2) is 104 Å². The third kappa shape index (κ3) is 12.4. The molecule has 0 saturated carbocycles. The van der Waals surface area contributed by atoms with E-state index in [1.165, 1.54) is 12.1 Å². The van der Waals surface area contributed by atoms with Crippen molar-refractivity contribution in [2.24, 2.45) is 5.92 Å². The van der Waals surface area contributed by atoms with Gasteiger partial charge in [-0.05, 0) is 103 Å². The molecule has 3 rings (SSSR count). The predicted octanol–water partition coefficient (Wildman–Crippen LogP) is 5.91. The van der Waals surface area contributed by atoms with Crippen LogP contribution in [0.25, 0.3) is 0 Å². The minimum Gasteiger partial charge on any atom is -0.490 e. The summed E-state index contributed by atoms with van der Waals surface area (Å²) in [5.74, 6) is -0.219. The van der Waals surface area contributed by atoms with Crippen LogP contribution in [0.3, 0.4) is 0 Å². The fourth-order valence-corrected chi connectivity index (χ4v) is 5.72. The van der Waals surface area contributed by atoms with Crippen molar-refractivity contribution >= 4 is 17.5 Å². The minimum absolute atomic E-state index is 0.144. The third-order valence-corrected chi connectivity index (χ3v) is 8.57. The first-order valence-corrected chi connectivity index (χ1v) is 16.8.